The van der Waals surface area contributed by atoms with Crippen LogP contribution >= 0.6 is 0 Å². The second-order valence-electron chi connectivity index (χ2n) is 27.2. The molecule has 0 bridgehead atoms. The van der Waals surface area contributed by atoms with E-state index in [1.54, 1.807) is 12.4 Å². The number of pyridine rings is 2. The summed E-state index contributed by atoms with van der Waals surface area (Å²) in [5, 5.41) is 20.2. The van der Waals surface area contributed by atoms with Gasteiger partial charge in [0.1, 0.15) is 0 Å². The number of aromatic nitrogens is 5. The quantitative estimate of drug-likeness (QED) is 0.138. The Kier molecular flexibility index (Phi) is 33.6. The number of hydrogen-bond acceptors (Lipinski definition) is 8. The molecular formula is C73H117N9. The third-order valence-corrected chi connectivity index (χ3v) is 16.0. The fraction of sp³-hybridized carbons (Fsp3) is 0.589. The van der Waals surface area contributed by atoms with Crippen molar-refractivity contribution in [3.05, 3.63) is 179 Å². The summed E-state index contributed by atoms with van der Waals surface area (Å²) >= 11 is 0. The molecule has 7 heterocycles. The van der Waals surface area contributed by atoms with Gasteiger partial charge in [0.15, 0.2) is 0 Å². The molecule has 4 aliphatic heterocycles. The summed E-state index contributed by atoms with van der Waals surface area (Å²) in [6.07, 6.45) is 22.3. The second kappa shape index (κ2) is 38.7. The van der Waals surface area contributed by atoms with Crippen molar-refractivity contribution in [2.75, 3.05) is 26.2 Å². The van der Waals surface area contributed by atoms with Gasteiger partial charge in [-0.05, 0) is 170 Å². The number of nitrogens with one attached hydrogen (secondary N) is 4. The predicted molar refractivity (Wildman–Crippen MR) is 353 cm³/mol. The van der Waals surface area contributed by atoms with Crippen LogP contribution in [0.25, 0.3) is 0 Å². The topological polar surface area (TPSA) is 107 Å². The van der Waals surface area contributed by atoms with Gasteiger partial charge in [0.05, 0.1) is 11.9 Å². The standard InChI is InChI=1S/C12H17N.C11H15N.2C9H13N.C8H17N.C7H15N.C6H12.C6H6.C5H9N3/c1-12(2,3)13-8-10-6-4-5-7-11(10)9-13;1-8(2)9-3-4-10-6-12-7-11(10)5-9;1-9(2,3)8-4-6-10-7-5-8;1-9(2,3)8-5-4-6-10-7-8;1-7(2)8-3-5-9-6-4-8;1-6(2)7-3-4-8-5-7;2*1-2-4-6-5-3-1;1-4(2)5-3-6-8-7-5/h4-7H,8-9H2,1-3H3;3-5,8,12H,6-7H2,1-2H3;2*4-7H,1-3H3;7-9H,3-6H2,1-2H3;6-8H,3-5H2,1-2H3;1-6H2;1-6H;3-4H,1-2H3,(H,6,7,8). The van der Waals surface area contributed by atoms with E-state index in [0.29, 0.717) is 17.4 Å². The molecule has 3 aromatic heterocycles. The molecule has 9 heteroatoms. The normalized spacial score (nSPS) is 16.6. The van der Waals surface area contributed by atoms with Crippen molar-refractivity contribution in [2.45, 2.75) is 230 Å². The molecule has 82 heavy (non-hydrogen) atoms. The van der Waals surface area contributed by atoms with Crippen LogP contribution in [0.5, 0.6) is 0 Å². The molecule has 4 N–H and O–H groups in total. The molecule has 3 fully saturated rings. The number of fused-ring (bicyclic) bond motifs is 2. The number of aromatic amines is 1. The molecule has 3 aromatic carbocycles. The second-order valence-corrected chi connectivity index (χ2v) is 27.2. The van der Waals surface area contributed by atoms with Crippen LogP contribution in [0.1, 0.15) is 232 Å². The highest BCUT2D eigenvalue weighted by Gasteiger charge is 2.27. The average molecular weight is 1120 g/mol. The highest BCUT2D eigenvalue weighted by atomic mass is 15.3. The third-order valence-electron chi connectivity index (χ3n) is 16.0. The molecule has 5 aliphatic rings. The van der Waals surface area contributed by atoms with Gasteiger partial charge < -0.3 is 16.0 Å². The first-order chi connectivity index (χ1) is 39.0. The minimum Gasteiger partial charge on any atom is -0.317 e. The van der Waals surface area contributed by atoms with Crippen molar-refractivity contribution >= 4 is 0 Å². The summed E-state index contributed by atoms with van der Waals surface area (Å²) in [6, 6.07) is 35.8. The summed E-state index contributed by atoms with van der Waals surface area (Å²) in [5.74, 6) is 4.85. The Morgan fingerprint density at radius 1 is 0.463 bits per heavy atom. The van der Waals surface area contributed by atoms with Gasteiger partial charge in [0.2, 0.25) is 0 Å². The zero-order chi connectivity index (χ0) is 60.4. The molecule has 0 amide bonds. The van der Waals surface area contributed by atoms with Crippen LogP contribution in [0.4, 0.5) is 0 Å². The number of rotatable bonds is 4. The van der Waals surface area contributed by atoms with Gasteiger partial charge in [-0.25, -0.2) is 0 Å². The first kappa shape index (κ1) is 71.2. The molecule has 9 nitrogen and oxygen atoms in total. The smallest absolute Gasteiger partial charge is 0.0850 e. The molecule has 6 aromatic rings. The summed E-state index contributed by atoms with van der Waals surface area (Å²) in [6.45, 7) is 47.2. The summed E-state index contributed by atoms with van der Waals surface area (Å²) in [5.41, 5.74) is 11.8. The lowest BCUT2D eigenvalue weighted by atomic mass is 9.87. The van der Waals surface area contributed by atoms with Crippen LogP contribution in [0.15, 0.2) is 134 Å². The molecule has 454 valence electrons. The Labute approximate surface area is 502 Å². The van der Waals surface area contributed by atoms with Crippen LogP contribution in [-0.2, 0) is 37.0 Å². The molecule has 1 unspecified atom stereocenters. The largest absolute Gasteiger partial charge is 0.317 e. The van der Waals surface area contributed by atoms with E-state index in [0.717, 1.165) is 55.5 Å². The van der Waals surface area contributed by atoms with Crippen LogP contribution < -0.4 is 16.0 Å². The van der Waals surface area contributed by atoms with E-state index in [4.69, 9.17) is 0 Å². The monoisotopic (exact) mass is 1120 g/mol. The zero-order valence-electron chi connectivity index (χ0n) is 54.9. The summed E-state index contributed by atoms with van der Waals surface area (Å²) in [7, 11) is 0. The molecule has 1 saturated carbocycles. The maximum atomic E-state index is 4.05. The van der Waals surface area contributed by atoms with E-state index < -0.39 is 0 Å². The molecule has 1 aliphatic carbocycles. The first-order valence-electron chi connectivity index (χ1n) is 31.7. The molecular weight excluding hydrogens is 1000 g/mol. The zero-order valence-corrected chi connectivity index (χ0v) is 54.9. The van der Waals surface area contributed by atoms with Gasteiger partial charge in [0.25, 0.3) is 0 Å². The van der Waals surface area contributed by atoms with Gasteiger partial charge in [-0.2, -0.15) is 15.4 Å². The fourth-order valence-corrected chi connectivity index (χ4v) is 9.83. The van der Waals surface area contributed by atoms with Crippen molar-refractivity contribution < 1.29 is 0 Å². The summed E-state index contributed by atoms with van der Waals surface area (Å²) in [4.78, 5) is 10.5. The first-order valence-corrected chi connectivity index (χ1v) is 31.7. The van der Waals surface area contributed by atoms with Gasteiger partial charge in [0, 0.05) is 56.5 Å². The number of hydrogen-bond donors (Lipinski definition) is 4. The van der Waals surface area contributed by atoms with Gasteiger partial charge in [-0.1, -0.05) is 220 Å². The average Bonchev–Trinajstić information content (AvgIpc) is 4.35. The van der Waals surface area contributed by atoms with E-state index in [2.05, 4.69) is 225 Å². The Bertz CT molecular complexity index is 2340. The van der Waals surface area contributed by atoms with Crippen molar-refractivity contribution in [3.63, 3.8) is 0 Å². The van der Waals surface area contributed by atoms with Crippen LogP contribution in [0, 0.1) is 23.7 Å². The lowest BCUT2D eigenvalue weighted by Gasteiger charge is -2.31. The van der Waals surface area contributed by atoms with Crippen LogP contribution in [-0.4, -0.2) is 62.0 Å². The molecule has 2 saturated heterocycles. The van der Waals surface area contributed by atoms with Crippen molar-refractivity contribution in [1.82, 2.24) is 46.2 Å². The Hall–Kier alpha value is -5.06. The predicted octanol–water partition coefficient (Wildman–Crippen LogP) is 17.8. The minimum absolute atomic E-state index is 0.230. The van der Waals surface area contributed by atoms with Crippen molar-refractivity contribution in [2.24, 2.45) is 23.7 Å². The highest BCUT2D eigenvalue weighted by Crippen LogP contribution is 2.29. The van der Waals surface area contributed by atoms with E-state index in [1.807, 2.05) is 61.1 Å². The van der Waals surface area contributed by atoms with Gasteiger partial charge >= 0.3 is 0 Å². The maximum absolute atomic E-state index is 4.05. The molecule has 0 radical (unpaired) electrons. The van der Waals surface area contributed by atoms with Crippen LogP contribution in [0.2, 0.25) is 0 Å². The lowest BCUT2D eigenvalue weighted by molar-refractivity contribution is 0.136. The van der Waals surface area contributed by atoms with Gasteiger partial charge in [-0.3, -0.25) is 14.9 Å². The summed E-state index contributed by atoms with van der Waals surface area (Å²) < 4.78 is 0. The highest BCUT2D eigenvalue weighted by molar-refractivity contribution is 5.36. The third kappa shape index (κ3) is 30.0. The van der Waals surface area contributed by atoms with Crippen LogP contribution in [0.3, 0.4) is 0 Å². The molecule has 11 rings (SSSR count). The molecule has 1 atom stereocenters. The molecule has 0 spiro atoms. The van der Waals surface area contributed by atoms with E-state index in [1.165, 1.54) is 123 Å². The van der Waals surface area contributed by atoms with E-state index in [-0.39, 0.29) is 10.8 Å². The SMILES string of the molecule is C1CCCCC1.CC(C)(C)N1Cc2ccccc2C1.CC(C)(C)c1cccnc1.CC(C)(C)c1ccncc1.CC(C)C1CCNC1.CC(C)C1CCNCC1.CC(C)c1ccc2c(c1)CNC2.CC(C)c1cn[nH]n1.c1ccccc1. The Morgan fingerprint density at radius 2 is 0.976 bits per heavy atom. The fourth-order valence-electron chi connectivity index (χ4n) is 9.83. The Morgan fingerprint density at radius 3 is 1.33 bits per heavy atom. The van der Waals surface area contributed by atoms with Crippen molar-refractivity contribution in [1.29, 1.82) is 0 Å². The minimum atomic E-state index is 0.230. The maximum Gasteiger partial charge on any atom is 0.0850 e. The van der Waals surface area contributed by atoms with Crippen molar-refractivity contribution in [3.8, 4) is 0 Å². The lowest BCUT2D eigenvalue weighted by Crippen LogP contribution is -2.36. The van der Waals surface area contributed by atoms with Gasteiger partial charge in [-0.15, -0.1) is 0 Å². The number of nitrogens with zero attached hydrogens (tertiary/aromatic N) is 5. The van der Waals surface area contributed by atoms with E-state index in [9.17, 15) is 0 Å². The Balaban J connectivity index is 0.000000244. The number of H-pyrrole nitrogens is 1. The number of piperidine rings is 1. The van der Waals surface area contributed by atoms with E-state index >= 15 is 0 Å². The number of benzene rings is 3.